The first-order chi connectivity index (χ1) is 34.5. The molecule has 16 heteroatoms. The molecule has 9 rings (SSSR count). The normalized spacial score (nSPS) is 15.9. The molecule has 0 aliphatic heterocycles. The van der Waals surface area contributed by atoms with Gasteiger partial charge in [0, 0.05) is 68.2 Å². The number of halogens is 4. The largest absolute Gasteiger partial charge is 0.506 e. The van der Waals surface area contributed by atoms with Gasteiger partial charge in [-0.2, -0.15) is 21.0 Å². The van der Waals surface area contributed by atoms with Crippen LogP contribution in [-0.4, -0.2) is 40.9 Å². The third-order valence-corrected chi connectivity index (χ3v) is 16.1. The van der Waals surface area contributed by atoms with Gasteiger partial charge in [-0.1, -0.05) is 48.5 Å². The maximum absolute atomic E-state index is 12.3. The standard InChI is InChI=1S/C56H32Br4N4O8/c57-45-49(65)33-17-35(51(45)67)42(30-11-3-26(22-62)4-12-30)37-19-39(55(71)47(59)53(37)69)44(32-15-7-28(24-64)8-16-32)40-20-38(54(70)48(60)56(40)72)43(31-13-5-27(23-63)6-14-31)36-18-34(50(66)46(58)52(36)68)41(33)29-9-1-25(21-61)2-10-29/h1-20,41-44,65-72H. The molecule has 8 aromatic rings. The average Bonchev–Trinajstić information content (AvgIpc) is 3.40. The number of hydrogen-bond donors (Lipinski definition) is 8. The highest BCUT2D eigenvalue weighted by atomic mass is 79.9. The Bertz CT molecular complexity index is 3120. The van der Waals surface area contributed by atoms with Crippen LogP contribution in [0.5, 0.6) is 46.0 Å². The lowest BCUT2D eigenvalue weighted by Gasteiger charge is -2.31. The molecule has 8 aromatic carbocycles. The van der Waals surface area contributed by atoms with E-state index < -0.39 is 69.7 Å². The summed E-state index contributed by atoms with van der Waals surface area (Å²) in [5.41, 5.74) is 3.23. The van der Waals surface area contributed by atoms with Gasteiger partial charge in [0.05, 0.1) is 46.5 Å². The van der Waals surface area contributed by atoms with Gasteiger partial charge in [-0.15, -0.1) is 0 Å². The molecule has 8 N–H and O–H groups in total. The number of aromatic hydroxyl groups is 8. The molecule has 0 saturated carbocycles. The van der Waals surface area contributed by atoms with Crippen molar-refractivity contribution in [1.82, 2.24) is 0 Å². The van der Waals surface area contributed by atoms with Gasteiger partial charge >= 0.3 is 0 Å². The molecule has 1 aliphatic rings. The van der Waals surface area contributed by atoms with Crippen LogP contribution in [0.4, 0.5) is 0 Å². The molecule has 0 aromatic heterocycles. The lowest BCUT2D eigenvalue weighted by Crippen LogP contribution is -2.14. The molecule has 1 aliphatic carbocycles. The van der Waals surface area contributed by atoms with Crippen molar-refractivity contribution < 1.29 is 40.9 Å². The van der Waals surface area contributed by atoms with Crippen LogP contribution in [0, 0.1) is 45.3 Å². The Morgan fingerprint density at radius 1 is 0.264 bits per heavy atom. The van der Waals surface area contributed by atoms with E-state index in [0.29, 0.717) is 22.3 Å². The molecule has 0 fully saturated rings. The van der Waals surface area contributed by atoms with Gasteiger partial charge in [-0.05, 0) is 159 Å². The van der Waals surface area contributed by atoms with Crippen LogP contribution in [-0.2, 0) is 0 Å². The second kappa shape index (κ2) is 19.3. The number of hydrogen-bond acceptors (Lipinski definition) is 12. The highest BCUT2D eigenvalue weighted by molar-refractivity contribution is 9.11. The van der Waals surface area contributed by atoms with Crippen LogP contribution in [0.2, 0.25) is 0 Å². The Labute approximate surface area is 444 Å². The number of benzene rings is 8. The Morgan fingerprint density at radius 2 is 0.403 bits per heavy atom. The zero-order valence-corrected chi connectivity index (χ0v) is 43.1. The number of phenolic OH excluding ortho intramolecular Hbond substituents is 8. The molecule has 8 bridgehead atoms. The molecule has 0 heterocycles. The fourth-order valence-electron chi connectivity index (χ4n) is 9.55. The minimum absolute atomic E-state index is 0.0596. The van der Waals surface area contributed by atoms with Crippen molar-refractivity contribution in [3.8, 4) is 70.3 Å². The molecule has 0 spiro atoms. The van der Waals surface area contributed by atoms with E-state index in [1.165, 1.54) is 24.3 Å². The van der Waals surface area contributed by atoms with Crippen LogP contribution in [0.15, 0.2) is 139 Å². The van der Waals surface area contributed by atoms with Crippen molar-refractivity contribution in [2.45, 2.75) is 23.7 Å². The van der Waals surface area contributed by atoms with Gasteiger partial charge in [0.15, 0.2) is 0 Å². The second-order valence-corrected chi connectivity index (χ2v) is 20.1. The first-order valence-corrected chi connectivity index (χ1v) is 24.7. The lowest BCUT2D eigenvalue weighted by atomic mass is 9.75. The smallest absolute Gasteiger partial charge is 0.137 e. The number of rotatable bonds is 4. The number of nitriles is 4. The Kier molecular flexibility index (Phi) is 13.2. The highest BCUT2D eigenvalue weighted by Crippen LogP contribution is 2.58. The topological polar surface area (TPSA) is 257 Å². The monoisotopic (exact) mass is 1200 g/mol. The molecule has 12 nitrogen and oxygen atoms in total. The Balaban J connectivity index is 1.54. The van der Waals surface area contributed by atoms with Crippen LogP contribution in [0.3, 0.4) is 0 Å². The summed E-state index contributed by atoms with van der Waals surface area (Å²) in [6.07, 6.45) is 0. The minimum Gasteiger partial charge on any atom is -0.506 e. The zero-order chi connectivity index (χ0) is 51.4. The maximum Gasteiger partial charge on any atom is 0.137 e. The zero-order valence-electron chi connectivity index (χ0n) is 36.7. The summed E-state index contributed by atoms with van der Waals surface area (Å²) in [5.74, 6) is -8.74. The summed E-state index contributed by atoms with van der Waals surface area (Å²) in [6, 6.07) is 39.6. The van der Waals surface area contributed by atoms with E-state index in [1.807, 2.05) is 0 Å². The summed E-state index contributed by atoms with van der Waals surface area (Å²) >= 11 is 13.8. The lowest BCUT2D eigenvalue weighted by molar-refractivity contribution is 0.425. The van der Waals surface area contributed by atoms with Crippen molar-refractivity contribution in [3.63, 3.8) is 0 Å². The summed E-state index contributed by atoms with van der Waals surface area (Å²) in [7, 11) is 0. The predicted octanol–water partition coefficient (Wildman–Crippen LogP) is 12.9. The fraction of sp³-hybridized carbons (Fsp3) is 0.0714. The van der Waals surface area contributed by atoms with Gasteiger partial charge < -0.3 is 40.9 Å². The van der Waals surface area contributed by atoms with Crippen molar-refractivity contribution >= 4 is 63.7 Å². The van der Waals surface area contributed by atoms with Crippen LogP contribution < -0.4 is 0 Å². The van der Waals surface area contributed by atoms with Gasteiger partial charge in [0.2, 0.25) is 0 Å². The van der Waals surface area contributed by atoms with E-state index in [-0.39, 0.29) is 84.7 Å². The minimum atomic E-state index is -1.22. The number of fused-ring (bicyclic) bond motifs is 8. The summed E-state index contributed by atoms with van der Waals surface area (Å²) in [6.45, 7) is 0. The van der Waals surface area contributed by atoms with Gasteiger partial charge in [0.1, 0.15) is 63.9 Å². The first kappa shape index (κ1) is 49.0. The molecule has 0 atom stereocenters. The molecule has 0 radical (unpaired) electrons. The predicted molar refractivity (Wildman–Crippen MR) is 278 cm³/mol. The van der Waals surface area contributed by atoms with Crippen molar-refractivity contribution in [3.05, 3.63) is 228 Å². The molecular formula is C56H32Br4N4O8. The van der Waals surface area contributed by atoms with Gasteiger partial charge in [-0.25, -0.2) is 0 Å². The van der Waals surface area contributed by atoms with E-state index in [4.69, 9.17) is 0 Å². The maximum atomic E-state index is 12.3. The molecule has 0 amide bonds. The van der Waals surface area contributed by atoms with E-state index in [9.17, 15) is 61.9 Å². The van der Waals surface area contributed by atoms with Crippen molar-refractivity contribution in [2.24, 2.45) is 0 Å². The molecule has 72 heavy (non-hydrogen) atoms. The average molecular weight is 1210 g/mol. The van der Waals surface area contributed by atoms with Crippen LogP contribution >= 0.6 is 63.7 Å². The van der Waals surface area contributed by atoms with E-state index in [0.717, 1.165) is 0 Å². The SMILES string of the molecule is N#Cc1ccc(C2c3cc(c(O)c(Br)c3O)C(c3ccc(C#N)cc3)c3cc(c(O)c(Br)c3O)C(c3ccc(C#N)cc3)c3cc(c(O)c(Br)c3O)C(c3ccc(C#N)cc3)c3cc2c(O)c(Br)c3O)cc1. The van der Waals surface area contributed by atoms with Crippen LogP contribution in [0.1, 0.15) is 113 Å². The van der Waals surface area contributed by atoms with E-state index >= 15 is 0 Å². The number of phenols is 8. The Morgan fingerprint density at radius 3 is 0.528 bits per heavy atom. The molecule has 352 valence electrons. The third-order valence-electron chi connectivity index (χ3n) is 13.1. The summed E-state index contributed by atoms with van der Waals surface area (Å²) in [5, 5.41) is 138. The highest BCUT2D eigenvalue weighted by Gasteiger charge is 2.38. The van der Waals surface area contributed by atoms with E-state index in [2.05, 4.69) is 88.0 Å². The van der Waals surface area contributed by atoms with Gasteiger partial charge in [0.25, 0.3) is 0 Å². The fourth-order valence-corrected chi connectivity index (χ4v) is 11.4. The quantitative estimate of drug-likeness (QED) is 0.0819. The second-order valence-electron chi connectivity index (χ2n) is 16.9. The summed E-state index contributed by atoms with van der Waals surface area (Å²) < 4.78 is -0.818. The summed E-state index contributed by atoms with van der Waals surface area (Å²) in [4.78, 5) is 0. The number of nitrogens with zero attached hydrogens (tertiary/aromatic N) is 4. The Hall–Kier alpha value is -7.96. The third kappa shape index (κ3) is 8.19. The van der Waals surface area contributed by atoms with Crippen LogP contribution in [0.25, 0.3) is 0 Å². The molecular weight excluding hydrogens is 1180 g/mol. The first-order valence-electron chi connectivity index (χ1n) is 21.5. The van der Waals surface area contributed by atoms with Gasteiger partial charge in [-0.3, -0.25) is 0 Å². The van der Waals surface area contributed by atoms with Crippen molar-refractivity contribution in [1.29, 1.82) is 21.0 Å². The van der Waals surface area contributed by atoms with E-state index in [1.54, 1.807) is 97.1 Å². The molecule has 0 unspecified atom stereocenters. The van der Waals surface area contributed by atoms with Crippen molar-refractivity contribution in [2.75, 3.05) is 0 Å². The molecule has 0 saturated heterocycles.